The summed E-state index contributed by atoms with van der Waals surface area (Å²) in [7, 11) is -3.83. The van der Waals surface area contributed by atoms with E-state index in [1.165, 1.54) is 16.4 Å². The molecule has 0 amide bonds. The normalized spacial score (nSPS) is 11.3. The highest BCUT2D eigenvalue weighted by atomic mass is 35.5. The second-order valence-corrected chi connectivity index (χ2v) is 7.35. The van der Waals surface area contributed by atoms with E-state index in [2.05, 4.69) is 0 Å². The summed E-state index contributed by atoms with van der Waals surface area (Å²) < 4.78 is 32.6. The summed E-state index contributed by atoms with van der Waals surface area (Å²) in [6.07, 6.45) is 0. The van der Waals surface area contributed by atoms with Crippen LogP contribution in [0.25, 0.3) is 0 Å². The molecule has 2 rings (SSSR count). The molecule has 0 fully saturated rings. The number of nitrogens with zero attached hydrogens (tertiary/aromatic N) is 1. The van der Waals surface area contributed by atoms with Crippen LogP contribution in [0.5, 0.6) is 5.75 Å². The van der Waals surface area contributed by atoms with E-state index in [-0.39, 0.29) is 16.5 Å². The van der Waals surface area contributed by atoms with Crippen LogP contribution < -0.4 is 9.04 Å². The van der Waals surface area contributed by atoms with Crippen molar-refractivity contribution in [2.24, 2.45) is 0 Å². The third kappa shape index (κ3) is 3.91. The quantitative estimate of drug-likeness (QED) is 0.742. The first kappa shape index (κ1) is 17.9. The molecule has 0 aliphatic rings. The molecule has 0 heterocycles. The molecule has 2 aromatic carbocycles. The fraction of sp³-hybridized carbons (Fsp3) is 0.250. The predicted molar refractivity (Wildman–Crippen MR) is 94.3 cm³/mol. The van der Waals surface area contributed by atoms with E-state index < -0.39 is 10.0 Å². The van der Waals surface area contributed by atoms with E-state index in [1.54, 1.807) is 37.3 Å². The van der Waals surface area contributed by atoms with E-state index in [1.807, 2.05) is 6.92 Å². The van der Waals surface area contributed by atoms with Gasteiger partial charge in [0.1, 0.15) is 10.6 Å². The van der Waals surface area contributed by atoms with Crippen molar-refractivity contribution in [3.8, 4) is 5.75 Å². The van der Waals surface area contributed by atoms with Crippen LogP contribution >= 0.6 is 23.2 Å². The summed E-state index contributed by atoms with van der Waals surface area (Å²) in [6, 6.07) is 11.3. The highest BCUT2D eigenvalue weighted by Gasteiger charge is 2.26. The van der Waals surface area contributed by atoms with Crippen LogP contribution in [0.3, 0.4) is 0 Å². The van der Waals surface area contributed by atoms with Crippen molar-refractivity contribution in [3.05, 3.63) is 52.5 Å². The van der Waals surface area contributed by atoms with Gasteiger partial charge in [0.2, 0.25) is 0 Å². The number of hydrogen-bond donors (Lipinski definition) is 0. The van der Waals surface area contributed by atoms with Gasteiger partial charge in [-0.1, -0.05) is 29.3 Å². The first-order valence-corrected chi connectivity index (χ1v) is 9.30. The number of hydrogen-bond acceptors (Lipinski definition) is 3. The van der Waals surface area contributed by atoms with Crippen LogP contribution in [0.1, 0.15) is 13.8 Å². The van der Waals surface area contributed by atoms with Gasteiger partial charge in [-0.15, -0.1) is 0 Å². The number of anilines is 1. The summed E-state index contributed by atoms with van der Waals surface area (Å²) in [5.41, 5.74) is 0.509. The average Bonchev–Trinajstić information content (AvgIpc) is 2.51. The van der Waals surface area contributed by atoms with E-state index >= 15 is 0 Å². The minimum absolute atomic E-state index is 0.0182. The molecule has 0 saturated heterocycles. The maximum absolute atomic E-state index is 12.9. The van der Waals surface area contributed by atoms with Gasteiger partial charge in [-0.25, -0.2) is 8.42 Å². The highest BCUT2D eigenvalue weighted by Crippen LogP contribution is 2.31. The Hall–Kier alpha value is -1.43. The smallest absolute Gasteiger partial charge is 0.265 e. The Morgan fingerprint density at radius 3 is 2.48 bits per heavy atom. The lowest BCUT2D eigenvalue weighted by atomic mass is 10.3. The van der Waals surface area contributed by atoms with E-state index in [0.29, 0.717) is 23.1 Å². The lowest BCUT2D eigenvalue weighted by Crippen LogP contribution is -2.31. The van der Waals surface area contributed by atoms with Gasteiger partial charge in [-0.2, -0.15) is 0 Å². The fourth-order valence-corrected chi connectivity index (χ4v) is 4.39. The third-order valence-electron chi connectivity index (χ3n) is 3.17. The molecule has 0 unspecified atom stereocenters. The molecule has 124 valence electrons. The van der Waals surface area contributed by atoms with Gasteiger partial charge in [0.05, 0.1) is 17.3 Å². The van der Waals surface area contributed by atoms with Gasteiger partial charge in [-0.3, -0.25) is 4.31 Å². The van der Waals surface area contributed by atoms with Crippen molar-refractivity contribution >= 4 is 38.9 Å². The molecule has 7 heteroatoms. The van der Waals surface area contributed by atoms with E-state index in [0.717, 1.165) is 0 Å². The minimum Gasteiger partial charge on any atom is -0.494 e. The first-order chi connectivity index (χ1) is 10.9. The standard InChI is InChI=1S/C16H17Cl2NO3S/c1-3-19(13-6-5-7-14(11-13)22-4-2)23(20,21)16-10-12(17)8-9-15(16)18/h5-11H,3-4H2,1-2H3. The zero-order valence-electron chi connectivity index (χ0n) is 12.8. The van der Waals surface area contributed by atoms with Crippen molar-refractivity contribution in [1.29, 1.82) is 0 Å². The monoisotopic (exact) mass is 373 g/mol. The lowest BCUT2D eigenvalue weighted by molar-refractivity contribution is 0.340. The van der Waals surface area contributed by atoms with Crippen molar-refractivity contribution in [2.75, 3.05) is 17.5 Å². The van der Waals surface area contributed by atoms with Crippen molar-refractivity contribution in [1.82, 2.24) is 0 Å². The molecule has 0 N–H and O–H groups in total. The molecule has 0 atom stereocenters. The summed E-state index contributed by atoms with van der Waals surface area (Å²) in [5.74, 6) is 0.607. The van der Waals surface area contributed by atoms with Gasteiger partial charge in [0.15, 0.2) is 0 Å². The van der Waals surface area contributed by atoms with Crippen LogP contribution in [0.2, 0.25) is 10.0 Å². The topological polar surface area (TPSA) is 46.6 Å². The Morgan fingerprint density at radius 1 is 1.09 bits per heavy atom. The molecule has 0 radical (unpaired) electrons. The number of benzene rings is 2. The number of sulfonamides is 1. The number of rotatable bonds is 6. The van der Waals surface area contributed by atoms with Gasteiger partial charge >= 0.3 is 0 Å². The van der Waals surface area contributed by atoms with E-state index in [4.69, 9.17) is 27.9 Å². The first-order valence-electron chi connectivity index (χ1n) is 7.10. The zero-order chi connectivity index (χ0) is 17.0. The van der Waals surface area contributed by atoms with Gasteiger partial charge in [0.25, 0.3) is 10.0 Å². The molecule has 0 spiro atoms. The fourth-order valence-electron chi connectivity index (χ4n) is 2.18. The lowest BCUT2D eigenvalue weighted by Gasteiger charge is -2.24. The maximum atomic E-state index is 12.9. The molecule has 2 aromatic rings. The molecule has 23 heavy (non-hydrogen) atoms. The van der Waals surface area contributed by atoms with Crippen LogP contribution in [-0.2, 0) is 10.0 Å². The highest BCUT2D eigenvalue weighted by molar-refractivity contribution is 7.93. The largest absolute Gasteiger partial charge is 0.494 e. The molecule has 4 nitrogen and oxygen atoms in total. The maximum Gasteiger partial charge on any atom is 0.265 e. The van der Waals surface area contributed by atoms with Crippen molar-refractivity contribution in [2.45, 2.75) is 18.7 Å². The molecule has 0 aliphatic heterocycles. The Labute approximate surface area is 146 Å². The minimum atomic E-state index is -3.83. The SMILES string of the molecule is CCOc1cccc(N(CC)S(=O)(=O)c2cc(Cl)ccc2Cl)c1. The Bertz CT molecular complexity index is 794. The predicted octanol–water partition coefficient (Wildman–Crippen LogP) is 4.61. The summed E-state index contributed by atoms with van der Waals surface area (Å²) in [5, 5.41) is 0.445. The second-order valence-electron chi connectivity index (χ2n) is 4.67. The van der Waals surface area contributed by atoms with Crippen LogP contribution in [0.4, 0.5) is 5.69 Å². The Morgan fingerprint density at radius 2 is 1.83 bits per heavy atom. The summed E-state index contributed by atoms with van der Waals surface area (Å²) >= 11 is 12.0. The van der Waals surface area contributed by atoms with Crippen molar-refractivity contribution in [3.63, 3.8) is 0 Å². The summed E-state index contributed by atoms with van der Waals surface area (Å²) in [6.45, 7) is 4.37. The van der Waals surface area contributed by atoms with Crippen LogP contribution in [0.15, 0.2) is 47.4 Å². The van der Waals surface area contributed by atoms with Crippen LogP contribution in [-0.4, -0.2) is 21.6 Å². The molecule has 0 saturated carbocycles. The molecule has 0 aromatic heterocycles. The molecular weight excluding hydrogens is 357 g/mol. The molecule has 0 bridgehead atoms. The van der Waals surface area contributed by atoms with Gasteiger partial charge in [-0.05, 0) is 44.2 Å². The zero-order valence-corrected chi connectivity index (χ0v) is 15.1. The number of halogens is 2. The van der Waals surface area contributed by atoms with Crippen molar-refractivity contribution < 1.29 is 13.2 Å². The molecular formula is C16H17Cl2NO3S. The summed E-state index contributed by atoms with van der Waals surface area (Å²) in [4.78, 5) is -0.0182. The number of ether oxygens (including phenoxy) is 1. The van der Waals surface area contributed by atoms with Gasteiger partial charge < -0.3 is 4.74 Å². The van der Waals surface area contributed by atoms with Crippen LogP contribution in [0, 0.1) is 0 Å². The van der Waals surface area contributed by atoms with Gasteiger partial charge in [0, 0.05) is 17.6 Å². The average molecular weight is 374 g/mol. The molecule has 0 aliphatic carbocycles. The third-order valence-corrected chi connectivity index (χ3v) is 5.78. The Kier molecular flexibility index (Phi) is 5.79. The second kappa shape index (κ2) is 7.43. The van der Waals surface area contributed by atoms with E-state index in [9.17, 15) is 8.42 Å². The Balaban J connectivity index is 2.51.